The third-order valence-electron chi connectivity index (χ3n) is 7.76. The van der Waals surface area contributed by atoms with Gasteiger partial charge in [0.25, 0.3) is 11.8 Å². The SMILES string of the molecule is CNC(=O)NC(=O)c1c(NC(=O)c2ccc(S(=O)(=O)N3CCCCC3C)cc2)sc2c1CCN(Cc1ccccc1)C2. The summed E-state index contributed by atoms with van der Waals surface area (Å²) in [4.78, 5) is 41.8. The number of carbonyl (C=O) groups is 3. The summed E-state index contributed by atoms with van der Waals surface area (Å²) in [7, 11) is -2.24. The Morgan fingerprint density at radius 1 is 0.976 bits per heavy atom. The maximum atomic E-state index is 13.3. The second-order valence-electron chi connectivity index (χ2n) is 10.6. The van der Waals surface area contributed by atoms with E-state index in [1.807, 2.05) is 25.1 Å². The largest absolute Gasteiger partial charge is 0.341 e. The molecule has 2 aliphatic rings. The van der Waals surface area contributed by atoms with Crippen molar-refractivity contribution in [2.75, 3.05) is 25.5 Å². The first-order valence-electron chi connectivity index (χ1n) is 14.0. The van der Waals surface area contributed by atoms with Gasteiger partial charge in [0, 0.05) is 49.7 Å². The number of hydrogen-bond donors (Lipinski definition) is 3. The number of benzene rings is 2. The molecule has 3 aromatic rings. The number of sulfonamides is 1. The molecule has 12 heteroatoms. The number of fused-ring (bicyclic) bond motifs is 1. The maximum absolute atomic E-state index is 13.3. The molecule has 0 spiro atoms. The minimum absolute atomic E-state index is 0.0699. The van der Waals surface area contributed by atoms with Crippen LogP contribution in [0.5, 0.6) is 0 Å². The van der Waals surface area contributed by atoms with Crippen LogP contribution >= 0.6 is 11.3 Å². The molecule has 0 aliphatic carbocycles. The Bertz CT molecular complexity index is 1570. The molecule has 5 rings (SSSR count). The van der Waals surface area contributed by atoms with Gasteiger partial charge in [-0.2, -0.15) is 4.31 Å². The predicted octanol–water partition coefficient (Wildman–Crippen LogP) is 4.19. The average Bonchev–Trinajstić information content (AvgIpc) is 3.34. The van der Waals surface area contributed by atoms with E-state index in [0.29, 0.717) is 24.5 Å². The minimum atomic E-state index is -3.67. The van der Waals surface area contributed by atoms with Gasteiger partial charge in [-0.05, 0) is 61.6 Å². The normalized spacial score (nSPS) is 17.7. The molecule has 2 aromatic carbocycles. The Kier molecular flexibility index (Phi) is 9.07. The van der Waals surface area contributed by atoms with Crippen LogP contribution in [-0.2, 0) is 29.5 Å². The van der Waals surface area contributed by atoms with Crippen molar-refractivity contribution < 1.29 is 22.8 Å². The van der Waals surface area contributed by atoms with E-state index in [-0.39, 0.29) is 22.1 Å². The fourth-order valence-corrected chi connectivity index (χ4v) is 8.49. The molecule has 1 aromatic heterocycles. The molecular weight excluding hydrogens is 574 g/mol. The maximum Gasteiger partial charge on any atom is 0.321 e. The summed E-state index contributed by atoms with van der Waals surface area (Å²) in [5, 5.41) is 7.92. The van der Waals surface area contributed by atoms with Gasteiger partial charge >= 0.3 is 6.03 Å². The van der Waals surface area contributed by atoms with Crippen LogP contribution < -0.4 is 16.0 Å². The summed E-state index contributed by atoms with van der Waals surface area (Å²) in [6.07, 6.45) is 3.25. The van der Waals surface area contributed by atoms with Crippen molar-refractivity contribution in [3.63, 3.8) is 0 Å². The lowest BCUT2D eigenvalue weighted by molar-refractivity contribution is 0.0964. The number of amides is 4. The summed E-state index contributed by atoms with van der Waals surface area (Å²) >= 11 is 1.32. The van der Waals surface area contributed by atoms with Gasteiger partial charge in [0.2, 0.25) is 10.0 Å². The second kappa shape index (κ2) is 12.7. The Morgan fingerprint density at radius 3 is 2.40 bits per heavy atom. The molecule has 4 amide bonds. The highest BCUT2D eigenvalue weighted by Crippen LogP contribution is 2.38. The van der Waals surface area contributed by atoms with Crippen LogP contribution in [0, 0.1) is 0 Å². The van der Waals surface area contributed by atoms with Crippen molar-refractivity contribution >= 4 is 44.2 Å². The molecule has 42 heavy (non-hydrogen) atoms. The van der Waals surface area contributed by atoms with Crippen LogP contribution in [0.1, 0.15) is 62.9 Å². The molecule has 3 N–H and O–H groups in total. The minimum Gasteiger partial charge on any atom is -0.341 e. The zero-order valence-electron chi connectivity index (χ0n) is 23.7. The van der Waals surface area contributed by atoms with E-state index in [4.69, 9.17) is 0 Å². The molecule has 2 aliphatic heterocycles. The molecular formula is C30H35N5O5S2. The van der Waals surface area contributed by atoms with E-state index >= 15 is 0 Å². The number of rotatable bonds is 7. The quantitative estimate of drug-likeness (QED) is 0.369. The van der Waals surface area contributed by atoms with Gasteiger partial charge in [0.15, 0.2) is 0 Å². The zero-order valence-corrected chi connectivity index (χ0v) is 25.3. The number of imide groups is 1. The first kappa shape index (κ1) is 29.9. The number of piperidine rings is 1. The molecule has 0 bridgehead atoms. The van der Waals surface area contributed by atoms with Gasteiger partial charge < -0.3 is 10.6 Å². The molecule has 0 saturated carbocycles. The summed E-state index contributed by atoms with van der Waals surface area (Å²) in [5.41, 5.74) is 2.54. The van der Waals surface area contributed by atoms with Gasteiger partial charge in [-0.15, -0.1) is 11.3 Å². The highest BCUT2D eigenvalue weighted by atomic mass is 32.2. The predicted molar refractivity (Wildman–Crippen MR) is 162 cm³/mol. The summed E-state index contributed by atoms with van der Waals surface area (Å²) < 4.78 is 27.9. The molecule has 1 saturated heterocycles. The van der Waals surface area contributed by atoms with Crippen LogP contribution in [0.4, 0.5) is 9.80 Å². The number of hydrogen-bond acceptors (Lipinski definition) is 7. The Labute approximate surface area is 250 Å². The number of urea groups is 1. The van der Waals surface area contributed by atoms with Gasteiger partial charge in [-0.25, -0.2) is 13.2 Å². The van der Waals surface area contributed by atoms with E-state index < -0.39 is 27.9 Å². The van der Waals surface area contributed by atoms with Gasteiger partial charge in [0.05, 0.1) is 10.5 Å². The van der Waals surface area contributed by atoms with Crippen molar-refractivity contribution in [1.82, 2.24) is 19.8 Å². The average molecular weight is 610 g/mol. The molecule has 1 fully saturated rings. The third kappa shape index (κ3) is 6.41. The second-order valence-corrected chi connectivity index (χ2v) is 13.6. The molecule has 1 atom stereocenters. The Hall–Kier alpha value is -3.58. The van der Waals surface area contributed by atoms with Crippen LogP contribution in [0.2, 0.25) is 0 Å². The third-order valence-corrected chi connectivity index (χ3v) is 10.9. The highest BCUT2D eigenvalue weighted by molar-refractivity contribution is 7.89. The first-order chi connectivity index (χ1) is 20.2. The van der Waals surface area contributed by atoms with Crippen molar-refractivity contribution in [2.45, 2.75) is 56.6 Å². The van der Waals surface area contributed by atoms with Crippen LogP contribution in [-0.4, -0.2) is 61.6 Å². The lowest BCUT2D eigenvalue weighted by Gasteiger charge is -2.32. The number of thiophene rings is 1. The van der Waals surface area contributed by atoms with Crippen LogP contribution in [0.25, 0.3) is 0 Å². The van der Waals surface area contributed by atoms with Gasteiger partial charge in [-0.3, -0.25) is 19.8 Å². The molecule has 10 nitrogen and oxygen atoms in total. The first-order valence-corrected chi connectivity index (χ1v) is 16.3. The lowest BCUT2D eigenvalue weighted by Crippen LogP contribution is -2.41. The fraction of sp³-hybridized carbons (Fsp3) is 0.367. The zero-order chi connectivity index (χ0) is 29.9. The number of carbonyl (C=O) groups excluding carboxylic acids is 3. The van der Waals surface area contributed by atoms with Crippen LogP contribution in [0.3, 0.4) is 0 Å². The standard InChI is InChI=1S/C30H35N5O5S2/c1-20-8-6-7-16-35(20)42(39,40)23-13-11-22(12-14-23)27(36)32-29-26(28(37)33-30(38)31-2)24-15-17-34(19-25(24)41-29)18-21-9-4-3-5-10-21/h3-5,9-14,20H,6-8,15-19H2,1-2H3,(H,32,36)(H2,31,33,37,38). The van der Waals surface area contributed by atoms with E-state index in [2.05, 4.69) is 33.0 Å². The van der Waals surface area contributed by atoms with E-state index in [1.165, 1.54) is 52.5 Å². The number of nitrogens with one attached hydrogen (secondary N) is 3. The number of nitrogens with zero attached hydrogens (tertiary/aromatic N) is 2. The number of anilines is 1. The Morgan fingerprint density at radius 2 is 1.71 bits per heavy atom. The molecule has 0 radical (unpaired) electrons. The van der Waals surface area contributed by atoms with Crippen molar-refractivity contribution in [1.29, 1.82) is 0 Å². The summed E-state index contributed by atoms with van der Waals surface area (Å²) in [5.74, 6) is -1.06. The van der Waals surface area contributed by atoms with Gasteiger partial charge in [-0.1, -0.05) is 36.8 Å². The monoisotopic (exact) mass is 609 g/mol. The summed E-state index contributed by atoms with van der Waals surface area (Å²) in [6, 6.07) is 15.3. The molecule has 1 unspecified atom stereocenters. The van der Waals surface area contributed by atoms with Crippen molar-refractivity contribution in [3.8, 4) is 0 Å². The van der Waals surface area contributed by atoms with Gasteiger partial charge in [0.1, 0.15) is 5.00 Å². The molecule has 222 valence electrons. The highest BCUT2D eigenvalue weighted by Gasteiger charge is 2.32. The summed E-state index contributed by atoms with van der Waals surface area (Å²) in [6.45, 7) is 4.48. The van der Waals surface area contributed by atoms with Crippen molar-refractivity contribution in [2.24, 2.45) is 0 Å². The lowest BCUT2D eigenvalue weighted by atomic mass is 10.0. The van der Waals surface area contributed by atoms with Crippen LogP contribution in [0.15, 0.2) is 59.5 Å². The van der Waals surface area contributed by atoms with Crippen molar-refractivity contribution in [3.05, 3.63) is 81.7 Å². The van der Waals surface area contributed by atoms with E-state index in [1.54, 1.807) is 0 Å². The van der Waals surface area contributed by atoms with E-state index in [0.717, 1.165) is 42.8 Å². The topological polar surface area (TPSA) is 128 Å². The smallest absolute Gasteiger partial charge is 0.321 e. The fourth-order valence-electron chi connectivity index (χ4n) is 5.51. The Balaban J connectivity index is 1.37. The molecule has 3 heterocycles. The van der Waals surface area contributed by atoms with E-state index in [9.17, 15) is 22.8 Å².